The minimum absolute atomic E-state index is 0.106. The third-order valence-corrected chi connectivity index (χ3v) is 10.8. The van der Waals surface area contributed by atoms with Gasteiger partial charge in [-0.3, -0.25) is 0 Å². The number of rotatable bonds is 10. The standard InChI is InChI=1S/2C16H17OP.2ClH.Pd/c2*1-3-7-15(8-4-1)18(17-13-14-11-12-14)16-9-5-2-6-10-16;;;/h2*1-10,14H,11-13H2;2*1H;/q;;;;+2. The van der Waals surface area contributed by atoms with Crippen LogP contribution in [0.3, 0.4) is 0 Å². The largest absolute Gasteiger partial charge is 0.229 e. The van der Waals surface area contributed by atoms with Crippen LogP contribution in [-0.2, 0) is 25.0 Å². The molecule has 0 spiro atoms. The molecule has 0 N–H and O–H groups in total. The van der Waals surface area contributed by atoms with Gasteiger partial charge in [0.2, 0.25) is 0 Å². The van der Waals surface area contributed by atoms with E-state index in [1.165, 1.54) is 46.9 Å². The fraction of sp³-hybridized carbons (Fsp3) is 0.250. The monoisotopic (exact) mass is 690 g/mol. The van der Waals surface area contributed by atoms with Crippen molar-refractivity contribution in [2.45, 2.75) is 25.7 Å². The molecule has 4 aromatic rings. The Morgan fingerprint density at radius 3 is 0.923 bits per heavy atom. The summed E-state index contributed by atoms with van der Waals surface area (Å²) >= 11 is -0.106. The van der Waals surface area contributed by atoms with Crippen LogP contribution < -0.4 is 21.2 Å². The molecule has 39 heavy (non-hydrogen) atoms. The third kappa shape index (κ3) is 11.4. The van der Waals surface area contributed by atoms with Gasteiger partial charge in [-0.05, 0) is 86.1 Å². The van der Waals surface area contributed by atoms with E-state index in [2.05, 4.69) is 121 Å². The molecule has 2 fully saturated rings. The Bertz CT molecular complexity index is 1010. The molecule has 0 radical (unpaired) electrons. The van der Waals surface area contributed by atoms with Crippen LogP contribution in [0.5, 0.6) is 0 Å². The van der Waals surface area contributed by atoms with Crippen LogP contribution in [0.4, 0.5) is 0 Å². The summed E-state index contributed by atoms with van der Waals surface area (Å²) in [6.45, 7) is 1.86. The van der Waals surface area contributed by atoms with Crippen molar-refractivity contribution >= 4 is 56.6 Å². The zero-order chi connectivity index (χ0) is 27.1. The van der Waals surface area contributed by atoms with Crippen LogP contribution >= 0.6 is 35.4 Å². The van der Waals surface area contributed by atoms with Crippen molar-refractivity contribution in [3.8, 4) is 0 Å². The Balaban J connectivity index is 0.000000165. The van der Waals surface area contributed by atoms with Crippen LogP contribution in [0.1, 0.15) is 25.7 Å². The van der Waals surface area contributed by atoms with Gasteiger partial charge >= 0.3 is 35.0 Å². The maximum Gasteiger partial charge on any atom is 0.197 e. The molecule has 0 heterocycles. The topological polar surface area (TPSA) is 18.5 Å². The third-order valence-electron chi connectivity index (χ3n) is 6.46. The summed E-state index contributed by atoms with van der Waals surface area (Å²) in [4.78, 5) is 0. The summed E-state index contributed by atoms with van der Waals surface area (Å²) < 4.78 is 12.5. The Hall–Kier alpha value is -1.10. The van der Waals surface area contributed by atoms with E-state index in [9.17, 15) is 0 Å². The van der Waals surface area contributed by atoms with Gasteiger partial charge in [-0.2, -0.15) is 0 Å². The summed E-state index contributed by atoms with van der Waals surface area (Å²) in [6, 6.07) is 42.6. The molecule has 0 bridgehead atoms. The second-order valence-electron chi connectivity index (χ2n) is 9.68. The second kappa shape index (κ2) is 17.7. The van der Waals surface area contributed by atoms with Crippen molar-refractivity contribution in [2.75, 3.05) is 13.2 Å². The predicted molar refractivity (Wildman–Crippen MR) is 170 cm³/mol. The number of benzene rings is 4. The molecule has 2 aliphatic carbocycles. The van der Waals surface area contributed by atoms with Gasteiger partial charge in [-0.15, -0.1) is 0 Å². The van der Waals surface area contributed by atoms with Gasteiger partial charge in [-0.25, -0.2) is 9.05 Å². The van der Waals surface area contributed by atoms with E-state index in [4.69, 9.17) is 28.1 Å². The number of hydrogen-bond acceptors (Lipinski definition) is 2. The molecule has 4 aromatic carbocycles. The molecule has 208 valence electrons. The van der Waals surface area contributed by atoms with Crippen LogP contribution in [0.25, 0.3) is 0 Å². The molecule has 2 aliphatic rings. The first-order valence-corrected chi connectivity index (χ1v) is 20.1. The summed E-state index contributed by atoms with van der Waals surface area (Å²) in [6.07, 6.45) is 5.38. The predicted octanol–water partition coefficient (Wildman–Crippen LogP) is 7.76. The molecule has 0 amide bonds. The summed E-state index contributed by atoms with van der Waals surface area (Å²) in [5.41, 5.74) is 0. The molecule has 0 atom stereocenters. The van der Waals surface area contributed by atoms with Crippen molar-refractivity contribution in [1.29, 1.82) is 0 Å². The smallest absolute Gasteiger partial charge is 0.197 e. The first kappa shape index (κ1) is 30.9. The average molecular weight is 692 g/mol. The molecular weight excluding hydrogens is 656 g/mol. The molecule has 7 heteroatoms. The van der Waals surface area contributed by atoms with Crippen molar-refractivity contribution in [3.05, 3.63) is 121 Å². The molecule has 2 saturated carbocycles. The van der Waals surface area contributed by atoms with Crippen LogP contribution in [0, 0.1) is 11.8 Å². The zero-order valence-corrected chi connectivity index (χ0v) is 26.9. The van der Waals surface area contributed by atoms with Crippen LogP contribution in [-0.4, -0.2) is 13.2 Å². The van der Waals surface area contributed by atoms with Gasteiger partial charge in [0.1, 0.15) is 21.2 Å². The van der Waals surface area contributed by atoms with Crippen LogP contribution in [0.15, 0.2) is 121 Å². The molecular formula is C32H36Cl2O2P2Pd+2. The van der Waals surface area contributed by atoms with Crippen molar-refractivity contribution in [2.24, 2.45) is 11.8 Å². The Kier molecular flexibility index (Phi) is 14.0. The van der Waals surface area contributed by atoms with Crippen molar-refractivity contribution < 1.29 is 25.0 Å². The minimum Gasteiger partial charge on any atom is -0.229 e. The van der Waals surface area contributed by atoms with E-state index in [1.807, 2.05) is 0 Å². The SMILES string of the molecule is [Cl][Pd][Cl].c1ccc([PH+](OCC2CC2)c2ccccc2)cc1.c1ccc([PH+](OCC2CC2)c2ccccc2)cc1. The molecule has 0 aromatic heterocycles. The first-order chi connectivity index (χ1) is 19.3. The zero-order valence-electron chi connectivity index (χ0n) is 21.8. The summed E-state index contributed by atoms with van der Waals surface area (Å²) in [5.74, 6) is 1.63. The second-order valence-corrected chi connectivity index (χ2v) is 16.2. The summed E-state index contributed by atoms with van der Waals surface area (Å²) in [7, 11) is 7.52. The normalized spacial score (nSPS) is 14.4. The molecule has 0 aliphatic heterocycles. The van der Waals surface area contributed by atoms with Gasteiger partial charge < -0.3 is 0 Å². The van der Waals surface area contributed by atoms with E-state index < -0.39 is 16.3 Å². The Morgan fingerprint density at radius 2 is 0.718 bits per heavy atom. The molecule has 2 nitrogen and oxygen atoms in total. The molecule has 0 saturated heterocycles. The van der Waals surface area contributed by atoms with Gasteiger partial charge in [0.15, 0.2) is 16.3 Å². The fourth-order valence-corrected chi connectivity index (χ4v) is 8.12. The van der Waals surface area contributed by atoms with Crippen molar-refractivity contribution in [3.63, 3.8) is 0 Å². The molecule has 6 rings (SSSR count). The van der Waals surface area contributed by atoms with Crippen LogP contribution in [0.2, 0.25) is 0 Å². The average Bonchev–Trinajstić information content (AvgIpc) is 3.93. The number of hydrogen-bond donors (Lipinski definition) is 0. The van der Waals surface area contributed by atoms with Gasteiger partial charge in [0.05, 0.1) is 13.2 Å². The van der Waals surface area contributed by atoms with E-state index >= 15 is 0 Å². The van der Waals surface area contributed by atoms with Gasteiger partial charge in [-0.1, -0.05) is 72.8 Å². The Labute approximate surface area is 252 Å². The number of halogens is 2. The maximum atomic E-state index is 6.24. The van der Waals surface area contributed by atoms with E-state index in [1.54, 1.807) is 0 Å². The molecule has 0 unspecified atom stereocenters. The van der Waals surface area contributed by atoms with Gasteiger partial charge in [0, 0.05) is 0 Å². The first-order valence-electron chi connectivity index (χ1n) is 13.3. The van der Waals surface area contributed by atoms with E-state index in [0.717, 1.165) is 25.0 Å². The quantitative estimate of drug-likeness (QED) is 0.125. The van der Waals surface area contributed by atoms with Gasteiger partial charge in [0.25, 0.3) is 0 Å². The summed E-state index contributed by atoms with van der Waals surface area (Å²) in [5, 5.41) is 5.37. The minimum atomic E-state index is -1.05. The maximum absolute atomic E-state index is 6.24. The fourth-order valence-electron chi connectivity index (χ4n) is 4.00. The Morgan fingerprint density at radius 1 is 0.487 bits per heavy atom. The van der Waals surface area contributed by atoms with Crippen molar-refractivity contribution in [1.82, 2.24) is 0 Å². The van der Waals surface area contributed by atoms with E-state index in [0.29, 0.717) is 0 Å². The van der Waals surface area contributed by atoms with E-state index in [-0.39, 0.29) is 15.9 Å².